The minimum atomic E-state index is 0.559. The number of fused-ring (bicyclic) bond motifs is 1. The summed E-state index contributed by atoms with van der Waals surface area (Å²) in [6, 6.07) is 39.5. The van der Waals surface area contributed by atoms with Crippen molar-refractivity contribution in [3.63, 3.8) is 0 Å². The Balaban J connectivity index is 1.42. The molecule has 1 aromatic heterocycles. The molecule has 0 aliphatic heterocycles. The smallest absolute Gasteiger partial charge is 0.156 e. The van der Waals surface area contributed by atoms with Crippen molar-refractivity contribution in [2.24, 2.45) is 0 Å². The van der Waals surface area contributed by atoms with Gasteiger partial charge in [0.2, 0.25) is 0 Å². The second-order valence-corrected chi connectivity index (χ2v) is 9.19. The Bertz CT molecular complexity index is 1420. The molecule has 3 nitrogen and oxygen atoms in total. The number of hydrogen-bond acceptors (Lipinski definition) is 2. The van der Waals surface area contributed by atoms with Crippen LogP contribution in [0.5, 0.6) is 17.2 Å². The third-order valence-corrected chi connectivity index (χ3v) is 6.77. The first kappa shape index (κ1) is 22.2. The Labute approximate surface area is 212 Å². The number of hydrogen-bond donors (Lipinski definition) is 0. The molecule has 0 bridgehead atoms. The fourth-order valence-corrected chi connectivity index (χ4v) is 5.05. The van der Waals surface area contributed by atoms with Gasteiger partial charge in [-0.1, -0.05) is 78.9 Å². The number of benzene rings is 4. The number of nitrogens with zero attached hydrogens (tertiary/aromatic N) is 1. The molecule has 0 saturated carbocycles. The highest BCUT2D eigenvalue weighted by Gasteiger charge is 2.28. The molecule has 0 fully saturated rings. The maximum Gasteiger partial charge on any atom is 0.156 e. The molecular weight excluding hydrogens is 442 g/mol. The van der Waals surface area contributed by atoms with Gasteiger partial charge in [-0.15, -0.1) is 0 Å². The highest BCUT2D eigenvalue weighted by atomic mass is 16.5. The normalized spacial score (nSPS) is 12.7. The van der Waals surface area contributed by atoms with Gasteiger partial charge in [-0.3, -0.25) is 0 Å². The number of para-hydroxylation sites is 1. The average molecular weight is 472 g/mol. The van der Waals surface area contributed by atoms with Gasteiger partial charge in [0.25, 0.3) is 0 Å². The van der Waals surface area contributed by atoms with E-state index < -0.39 is 0 Å². The second-order valence-electron chi connectivity index (χ2n) is 9.19. The summed E-state index contributed by atoms with van der Waals surface area (Å²) in [6.07, 6.45) is 4.44. The highest BCUT2D eigenvalue weighted by molar-refractivity contribution is 5.75. The lowest BCUT2D eigenvalue weighted by Gasteiger charge is -2.17. The molecule has 0 radical (unpaired) electrons. The molecule has 5 aromatic rings. The molecule has 6 rings (SSSR count). The van der Waals surface area contributed by atoms with Crippen molar-refractivity contribution in [1.82, 2.24) is 4.57 Å². The molecule has 0 N–H and O–H groups in total. The summed E-state index contributed by atoms with van der Waals surface area (Å²) in [5.74, 6) is 2.71. The molecule has 0 saturated heterocycles. The lowest BCUT2D eigenvalue weighted by atomic mass is 9.97. The van der Waals surface area contributed by atoms with Gasteiger partial charge in [-0.05, 0) is 67.6 Å². The van der Waals surface area contributed by atoms with Crippen LogP contribution in [-0.2, 0) is 19.4 Å². The molecule has 178 valence electrons. The van der Waals surface area contributed by atoms with Gasteiger partial charge < -0.3 is 14.0 Å². The first-order valence-corrected chi connectivity index (χ1v) is 12.7. The maximum absolute atomic E-state index is 6.63. The van der Waals surface area contributed by atoms with E-state index in [2.05, 4.69) is 71.3 Å². The first-order valence-electron chi connectivity index (χ1n) is 12.7. The molecule has 0 atom stereocenters. The molecule has 0 amide bonds. The van der Waals surface area contributed by atoms with E-state index >= 15 is 0 Å². The van der Waals surface area contributed by atoms with Crippen molar-refractivity contribution in [1.29, 1.82) is 0 Å². The van der Waals surface area contributed by atoms with E-state index in [9.17, 15) is 0 Å². The van der Waals surface area contributed by atoms with Crippen LogP contribution >= 0.6 is 0 Å². The lowest BCUT2D eigenvalue weighted by Crippen LogP contribution is -2.07. The predicted octanol–water partition coefficient (Wildman–Crippen LogP) is 8.39. The fourth-order valence-electron chi connectivity index (χ4n) is 5.05. The van der Waals surface area contributed by atoms with Crippen LogP contribution in [0.4, 0.5) is 0 Å². The van der Waals surface area contributed by atoms with Crippen LogP contribution in [0, 0.1) is 0 Å². The van der Waals surface area contributed by atoms with Gasteiger partial charge in [0.1, 0.15) is 18.1 Å². The van der Waals surface area contributed by atoms with Crippen LogP contribution in [0.25, 0.3) is 16.9 Å². The predicted molar refractivity (Wildman–Crippen MR) is 145 cm³/mol. The van der Waals surface area contributed by atoms with Gasteiger partial charge in [0.15, 0.2) is 5.75 Å². The Morgan fingerprint density at radius 3 is 1.97 bits per heavy atom. The van der Waals surface area contributed by atoms with Crippen molar-refractivity contribution >= 4 is 0 Å². The Kier molecular flexibility index (Phi) is 6.28. The Hall–Kier alpha value is -4.24. The lowest BCUT2D eigenvalue weighted by molar-refractivity contribution is 0.306. The van der Waals surface area contributed by atoms with Crippen molar-refractivity contribution in [2.75, 3.05) is 0 Å². The molecule has 1 heterocycles. The van der Waals surface area contributed by atoms with Gasteiger partial charge in [0, 0.05) is 22.5 Å². The Morgan fingerprint density at radius 1 is 0.611 bits per heavy atom. The summed E-state index contributed by atoms with van der Waals surface area (Å²) < 4.78 is 15.1. The summed E-state index contributed by atoms with van der Waals surface area (Å²) in [5.41, 5.74) is 7.24. The number of ether oxygens (including phenoxy) is 2. The molecule has 1 aliphatic rings. The van der Waals surface area contributed by atoms with E-state index in [0.29, 0.717) is 6.61 Å². The number of aromatic nitrogens is 1. The molecular formula is C33H29NO2. The van der Waals surface area contributed by atoms with Gasteiger partial charge >= 0.3 is 0 Å². The zero-order valence-corrected chi connectivity index (χ0v) is 20.3. The largest absolute Gasteiger partial charge is 0.489 e. The van der Waals surface area contributed by atoms with Crippen LogP contribution in [0.1, 0.15) is 29.7 Å². The van der Waals surface area contributed by atoms with Crippen LogP contribution in [0.15, 0.2) is 115 Å². The third-order valence-electron chi connectivity index (χ3n) is 6.77. The van der Waals surface area contributed by atoms with E-state index in [0.717, 1.165) is 52.6 Å². The standard InChI is InChI=1S/C33H29NO2/c1-4-12-25(13-5-1)24-35-28-22-20-27(21-23-28)34-31-19-11-10-18-30(31)33(36-29-16-8-3-9-17-29)32(34)26-14-6-2-7-15-26/h1-9,12-17,20-23H,10-11,18-19,24H2. The van der Waals surface area contributed by atoms with Crippen LogP contribution in [0.3, 0.4) is 0 Å². The summed E-state index contributed by atoms with van der Waals surface area (Å²) in [6.45, 7) is 0.559. The van der Waals surface area contributed by atoms with E-state index in [-0.39, 0.29) is 0 Å². The maximum atomic E-state index is 6.63. The van der Waals surface area contributed by atoms with E-state index in [1.807, 2.05) is 48.5 Å². The third kappa shape index (κ3) is 4.52. The summed E-state index contributed by atoms with van der Waals surface area (Å²) in [5, 5.41) is 0. The minimum Gasteiger partial charge on any atom is -0.489 e. The Morgan fingerprint density at radius 2 is 1.25 bits per heavy atom. The summed E-state index contributed by atoms with van der Waals surface area (Å²) in [4.78, 5) is 0. The van der Waals surface area contributed by atoms with Crippen molar-refractivity contribution < 1.29 is 9.47 Å². The van der Waals surface area contributed by atoms with E-state index in [1.54, 1.807) is 0 Å². The zero-order valence-electron chi connectivity index (χ0n) is 20.3. The second kappa shape index (κ2) is 10.2. The topological polar surface area (TPSA) is 23.4 Å². The van der Waals surface area contributed by atoms with Gasteiger partial charge in [-0.2, -0.15) is 0 Å². The SMILES string of the molecule is c1ccc(COc2ccc(-n3c4c(c(Oc5ccccc5)c3-c3ccccc3)CCCC4)cc2)cc1. The molecule has 0 spiro atoms. The van der Waals surface area contributed by atoms with Gasteiger partial charge in [-0.25, -0.2) is 0 Å². The summed E-state index contributed by atoms with van der Waals surface area (Å²) in [7, 11) is 0. The molecule has 4 aromatic carbocycles. The molecule has 0 unspecified atom stereocenters. The summed E-state index contributed by atoms with van der Waals surface area (Å²) >= 11 is 0. The van der Waals surface area contributed by atoms with Crippen molar-refractivity contribution in [3.8, 4) is 34.2 Å². The van der Waals surface area contributed by atoms with E-state index in [1.165, 1.54) is 24.1 Å². The van der Waals surface area contributed by atoms with Crippen LogP contribution < -0.4 is 9.47 Å². The van der Waals surface area contributed by atoms with Crippen LogP contribution in [0.2, 0.25) is 0 Å². The first-order chi connectivity index (χ1) is 17.9. The number of rotatable bonds is 7. The molecule has 36 heavy (non-hydrogen) atoms. The average Bonchev–Trinajstić information content (AvgIpc) is 3.28. The minimum absolute atomic E-state index is 0.559. The van der Waals surface area contributed by atoms with Crippen molar-refractivity contribution in [2.45, 2.75) is 32.3 Å². The van der Waals surface area contributed by atoms with Gasteiger partial charge in [0.05, 0.1) is 5.69 Å². The molecule has 1 aliphatic carbocycles. The molecule has 3 heteroatoms. The van der Waals surface area contributed by atoms with Crippen molar-refractivity contribution in [3.05, 3.63) is 132 Å². The zero-order chi connectivity index (χ0) is 24.2. The van der Waals surface area contributed by atoms with E-state index in [4.69, 9.17) is 9.47 Å². The monoisotopic (exact) mass is 471 g/mol. The quantitative estimate of drug-likeness (QED) is 0.238. The highest BCUT2D eigenvalue weighted by Crippen LogP contribution is 2.45. The van der Waals surface area contributed by atoms with Crippen LogP contribution in [-0.4, -0.2) is 4.57 Å². The fraction of sp³-hybridized carbons (Fsp3) is 0.152.